The molecule has 12 nitrogen and oxygen atoms in total. The fourth-order valence-corrected chi connectivity index (χ4v) is 6.31. The van der Waals surface area contributed by atoms with E-state index in [0.717, 1.165) is 77.5 Å². The molecule has 0 bridgehead atoms. The van der Waals surface area contributed by atoms with E-state index in [9.17, 15) is 4.79 Å². The minimum atomic E-state index is -0.169. The summed E-state index contributed by atoms with van der Waals surface area (Å²) in [5.41, 5.74) is 6.10. The number of ether oxygens (including phenoxy) is 1. The Hall–Kier alpha value is -5.23. The Morgan fingerprint density at radius 1 is 1.07 bits per heavy atom. The highest BCUT2D eigenvalue weighted by molar-refractivity contribution is 6.05. The van der Waals surface area contributed by atoms with Crippen LogP contribution in [-0.2, 0) is 6.54 Å². The van der Waals surface area contributed by atoms with Crippen LogP contribution in [0, 0.1) is 6.92 Å². The predicted octanol–water partition coefficient (Wildman–Crippen LogP) is 6.02. The Kier molecular flexibility index (Phi) is 7.87. The predicted molar refractivity (Wildman–Crippen MR) is 179 cm³/mol. The van der Waals surface area contributed by atoms with Gasteiger partial charge in [0.25, 0.3) is 0 Å². The number of piperidine rings is 1. The number of nitrogens with one attached hydrogen (secondary N) is 2. The lowest BCUT2D eigenvalue weighted by molar-refractivity contribution is 0.187. The van der Waals surface area contributed by atoms with Gasteiger partial charge in [-0.1, -0.05) is 31.2 Å². The molecule has 46 heavy (non-hydrogen) atoms. The Morgan fingerprint density at radius 3 is 2.70 bits per heavy atom. The largest absolute Gasteiger partial charge is 0.496 e. The third-order valence-electron chi connectivity index (χ3n) is 8.99. The second-order valence-corrected chi connectivity index (χ2v) is 11.8. The van der Waals surface area contributed by atoms with Crippen molar-refractivity contribution in [1.29, 1.82) is 0 Å². The molecule has 236 valence electrons. The molecule has 0 aliphatic carbocycles. The van der Waals surface area contributed by atoms with Gasteiger partial charge in [0.2, 0.25) is 5.95 Å². The van der Waals surface area contributed by atoms with Crippen LogP contribution in [0.3, 0.4) is 0 Å². The summed E-state index contributed by atoms with van der Waals surface area (Å²) in [7, 11) is 3.40. The van der Waals surface area contributed by atoms with E-state index in [1.807, 2.05) is 60.3 Å². The molecule has 0 saturated carbocycles. The number of urea groups is 1. The third kappa shape index (κ3) is 5.56. The number of anilines is 4. The van der Waals surface area contributed by atoms with E-state index in [-0.39, 0.29) is 6.03 Å². The van der Waals surface area contributed by atoms with Crippen LogP contribution in [0.1, 0.15) is 36.9 Å². The zero-order chi connectivity index (χ0) is 31.8. The number of fused-ring (bicyclic) bond motifs is 1. The quantitative estimate of drug-likeness (QED) is 0.217. The standard InChI is InChI=1S/C34H38N10O2/c1-5-42-14-12-26(13-15-42)44-21-25(18-37-44)38-33-36-17-24-20-43(34(45)41(3)32(24)40-33)29-16-23(11-10-22(29)2)31-35-19-28(39-31)27-8-6-7-9-30(27)46-4/h6-11,16-19,21,26H,5,12-15,20H2,1-4H3,(H,35,39)(H,36,38,40). The molecule has 1 saturated heterocycles. The van der Waals surface area contributed by atoms with Crippen LogP contribution in [-0.4, -0.2) is 74.4 Å². The number of para-hydroxylation sites is 1. The number of methoxy groups -OCH3 is 1. The molecule has 5 aromatic rings. The molecule has 2 aromatic carbocycles. The van der Waals surface area contributed by atoms with Gasteiger partial charge in [-0.25, -0.2) is 14.8 Å². The second kappa shape index (κ2) is 12.3. The highest BCUT2D eigenvalue weighted by Gasteiger charge is 2.32. The van der Waals surface area contributed by atoms with Gasteiger partial charge in [0.05, 0.1) is 43.5 Å². The number of imidazole rings is 1. The Balaban J connectivity index is 1.09. The summed E-state index contributed by atoms with van der Waals surface area (Å²) in [5.74, 6) is 2.48. The lowest BCUT2D eigenvalue weighted by Gasteiger charge is -2.35. The van der Waals surface area contributed by atoms with Crippen molar-refractivity contribution in [3.05, 3.63) is 78.4 Å². The maximum absolute atomic E-state index is 13.8. The van der Waals surface area contributed by atoms with E-state index in [2.05, 4.69) is 37.2 Å². The van der Waals surface area contributed by atoms with Gasteiger partial charge in [-0.05, 0) is 50.1 Å². The highest BCUT2D eigenvalue weighted by Crippen LogP contribution is 2.35. The van der Waals surface area contributed by atoms with Gasteiger partial charge >= 0.3 is 6.03 Å². The minimum Gasteiger partial charge on any atom is -0.496 e. The van der Waals surface area contributed by atoms with Crippen molar-refractivity contribution < 1.29 is 9.53 Å². The van der Waals surface area contributed by atoms with Crippen molar-refractivity contribution in [3.8, 4) is 28.4 Å². The number of rotatable bonds is 8. The average Bonchev–Trinajstić information content (AvgIpc) is 3.78. The summed E-state index contributed by atoms with van der Waals surface area (Å²) in [4.78, 5) is 36.9. The zero-order valence-electron chi connectivity index (χ0n) is 26.6. The Bertz CT molecular complexity index is 1870. The molecular formula is C34H38N10O2. The minimum absolute atomic E-state index is 0.169. The van der Waals surface area contributed by atoms with E-state index >= 15 is 0 Å². The maximum atomic E-state index is 13.8. The topological polar surface area (TPSA) is 120 Å². The van der Waals surface area contributed by atoms with Crippen molar-refractivity contribution in [2.45, 2.75) is 39.3 Å². The molecule has 0 atom stereocenters. The van der Waals surface area contributed by atoms with Crippen molar-refractivity contribution >= 4 is 29.2 Å². The first-order valence-electron chi connectivity index (χ1n) is 15.7. The van der Waals surface area contributed by atoms with Crippen LogP contribution < -0.4 is 19.9 Å². The van der Waals surface area contributed by atoms with E-state index in [0.29, 0.717) is 30.2 Å². The van der Waals surface area contributed by atoms with Crippen molar-refractivity contribution in [1.82, 2.24) is 34.6 Å². The molecule has 2 N–H and O–H groups in total. The third-order valence-corrected chi connectivity index (χ3v) is 8.99. The number of carbonyl (C=O) groups is 1. The molecule has 0 radical (unpaired) electrons. The molecule has 5 heterocycles. The normalized spacial score (nSPS) is 15.7. The molecule has 12 heteroatoms. The fourth-order valence-electron chi connectivity index (χ4n) is 6.31. The van der Waals surface area contributed by atoms with Gasteiger partial charge < -0.3 is 19.9 Å². The monoisotopic (exact) mass is 618 g/mol. The van der Waals surface area contributed by atoms with Gasteiger partial charge in [0.15, 0.2) is 0 Å². The molecular weight excluding hydrogens is 580 g/mol. The molecule has 2 aliphatic heterocycles. The molecule has 0 unspecified atom stereocenters. The van der Waals surface area contributed by atoms with Crippen LogP contribution in [0.4, 0.5) is 27.9 Å². The number of H-pyrrole nitrogens is 1. The number of hydrogen-bond acceptors (Lipinski definition) is 8. The smallest absolute Gasteiger partial charge is 0.330 e. The summed E-state index contributed by atoms with van der Waals surface area (Å²) < 4.78 is 7.57. The summed E-state index contributed by atoms with van der Waals surface area (Å²) in [6.07, 6.45) is 9.58. The van der Waals surface area contributed by atoms with E-state index in [1.54, 1.807) is 42.5 Å². The van der Waals surface area contributed by atoms with Crippen LogP contribution >= 0.6 is 0 Å². The Morgan fingerprint density at radius 2 is 1.89 bits per heavy atom. The lowest BCUT2D eigenvalue weighted by Crippen LogP contribution is -2.46. The lowest BCUT2D eigenvalue weighted by atomic mass is 10.1. The number of benzene rings is 2. The van der Waals surface area contributed by atoms with E-state index < -0.39 is 0 Å². The molecule has 7 rings (SSSR count). The highest BCUT2D eigenvalue weighted by atomic mass is 16.5. The molecule has 1 fully saturated rings. The average molecular weight is 619 g/mol. The first-order chi connectivity index (χ1) is 22.4. The number of carbonyl (C=O) groups excluding carboxylic acids is 1. The van der Waals surface area contributed by atoms with Crippen LogP contribution in [0.15, 0.2) is 67.3 Å². The molecule has 2 aliphatic rings. The van der Waals surface area contributed by atoms with Crippen LogP contribution in [0.2, 0.25) is 0 Å². The van der Waals surface area contributed by atoms with Crippen LogP contribution in [0.25, 0.3) is 22.6 Å². The summed E-state index contributed by atoms with van der Waals surface area (Å²) >= 11 is 0. The maximum Gasteiger partial charge on any atom is 0.330 e. The van der Waals surface area contributed by atoms with E-state index in [1.165, 1.54) is 0 Å². The number of amides is 2. The second-order valence-electron chi connectivity index (χ2n) is 11.8. The number of aromatic amines is 1. The number of aryl methyl sites for hydroxylation is 1. The number of likely N-dealkylation sites (tertiary alicyclic amines) is 1. The first kappa shape index (κ1) is 29.5. The molecule has 3 aromatic heterocycles. The van der Waals surface area contributed by atoms with Crippen molar-refractivity contribution in [3.63, 3.8) is 0 Å². The first-order valence-corrected chi connectivity index (χ1v) is 15.7. The summed E-state index contributed by atoms with van der Waals surface area (Å²) in [5, 5.41) is 7.88. The van der Waals surface area contributed by atoms with Gasteiger partial charge in [-0.3, -0.25) is 14.5 Å². The van der Waals surface area contributed by atoms with Gasteiger partial charge in [-0.15, -0.1) is 0 Å². The fraction of sp³-hybridized carbons (Fsp3) is 0.324. The summed E-state index contributed by atoms with van der Waals surface area (Å²) in [6.45, 7) is 7.83. The van der Waals surface area contributed by atoms with Crippen LogP contribution in [0.5, 0.6) is 5.75 Å². The van der Waals surface area contributed by atoms with Crippen molar-refractivity contribution in [2.75, 3.05) is 48.9 Å². The van der Waals surface area contributed by atoms with Gasteiger partial charge in [0.1, 0.15) is 17.4 Å². The van der Waals surface area contributed by atoms with Gasteiger partial charge in [-0.2, -0.15) is 10.1 Å². The van der Waals surface area contributed by atoms with Crippen molar-refractivity contribution in [2.24, 2.45) is 0 Å². The molecule has 2 amide bonds. The number of hydrogen-bond donors (Lipinski definition) is 2. The summed E-state index contributed by atoms with van der Waals surface area (Å²) in [6, 6.07) is 14.0. The number of aromatic nitrogens is 6. The zero-order valence-corrected chi connectivity index (χ0v) is 26.6. The SMILES string of the molecule is CCN1CCC(n2cc(Nc3ncc4c(n3)N(C)C(=O)N(c3cc(-c5ncc(-c6ccccc6OC)[nH]5)ccc3C)C4)cn2)CC1. The number of nitrogens with zero attached hydrogens (tertiary/aromatic N) is 8. The molecule has 0 spiro atoms. The van der Waals surface area contributed by atoms with E-state index in [4.69, 9.17) is 9.72 Å². The van der Waals surface area contributed by atoms with Gasteiger partial charge in [0, 0.05) is 54.9 Å². The Labute approximate surface area is 268 Å².